The second kappa shape index (κ2) is 8.89. The Morgan fingerprint density at radius 3 is 2.59 bits per heavy atom. The van der Waals surface area contributed by atoms with E-state index in [0.29, 0.717) is 18.0 Å². The van der Waals surface area contributed by atoms with Crippen LogP contribution >= 0.6 is 11.6 Å². The summed E-state index contributed by atoms with van der Waals surface area (Å²) in [4.78, 5) is 14.3. The molecule has 5 heteroatoms. The normalized spacial score (nSPS) is 15.8. The number of benzene rings is 1. The van der Waals surface area contributed by atoms with E-state index < -0.39 is 0 Å². The van der Waals surface area contributed by atoms with Gasteiger partial charge < -0.3 is 15.0 Å². The summed E-state index contributed by atoms with van der Waals surface area (Å²) >= 11 is 6.00. The van der Waals surface area contributed by atoms with Gasteiger partial charge in [-0.2, -0.15) is 0 Å². The number of ether oxygens (including phenoxy) is 1. The van der Waals surface area contributed by atoms with Gasteiger partial charge in [0.05, 0.1) is 12.8 Å². The fourth-order valence-electron chi connectivity index (χ4n) is 2.78. The van der Waals surface area contributed by atoms with Crippen molar-refractivity contribution in [2.24, 2.45) is 0 Å². The molecule has 1 amide bonds. The average molecular weight is 325 g/mol. The van der Waals surface area contributed by atoms with Crippen molar-refractivity contribution in [3.8, 4) is 5.75 Å². The van der Waals surface area contributed by atoms with Gasteiger partial charge in [0, 0.05) is 31.1 Å². The van der Waals surface area contributed by atoms with Gasteiger partial charge in [-0.3, -0.25) is 4.79 Å². The highest BCUT2D eigenvalue weighted by atomic mass is 35.5. The molecule has 0 saturated carbocycles. The lowest BCUT2D eigenvalue weighted by molar-refractivity contribution is -0.131. The maximum atomic E-state index is 12.3. The van der Waals surface area contributed by atoms with Crippen molar-refractivity contribution < 1.29 is 9.53 Å². The number of methoxy groups -OCH3 is 1. The number of anilines is 1. The first-order chi connectivity index (χ1) is 10.7. The molecule has 1 aliphatic rings. The van der Waals surface area contributed by atoms with Crippen LogP contribution in [0.2, 0.25) is 5.02 Å². The zero-order chi connectivity index (χ0) is 15.8. The standard InChI is InChI=1S/C17H25ClN2O2/c1-22-16-8-7-14(18)13-15(16)19-10-9-17(21)20-11-5-3-2-4-6-12-20/h7-8,13,19H,2-6,9-12H2,1H3. The first kappa shape index (κ1) is 16.9. The van der Waals surface area contributed by atoms with Crippen molar-refractivity contribution in [2.45, 2.75) is 38.5 Å². The molecule has 4 nitrogen and oxygen atoms in total. The summed E-state index contributed by atoms with van der Waals surface area (Å²) in [5.74, 6) is 0.971. The maximum Gasteiger partial charge on any atom is 0.224 e. The van der Waals surface area contributed by atoms with Crippen molar-refractivity contribution in [3.05, 3.63) is 23.2 Å². The van der Waals surface area contributed by atoms with Gasteiger partial charge >= 0.3 is 0 Å². The van der Waals surface area contributed by atoms with Gasteiger partial charge in [-0.05, 0) is 31.0 Å². The smallest absolute Gasteiger partial charge is 0.224 e. The fraction of sp³-hybridized carbons (Fsp3) is 0.588. The molecule has 1 heterocycles. The lowest BCUT2D eigenvalue weighted by atomic mass is 10.1. The number of halogens is 1. The van der Waals surface area contributed by atoms with E-state index in [9.17, 15) is 4.79 Å². The van der Waals surface area contributed by atoms with Crippen LogP contribution in [0.25, 0.3) is 0 Å². The number of likely N-dealkylation sites (tertiary alicyclic amines) is 1. The minimum Gasteiger partial charge on any atom is -0.495 e. The first-order valence-corrected chi connectivity index (χ1v) is 8.43. The zero-order valence-electron chi connectivity index (χ0n) is 13.2. The number of nitrogens with one attached hydrogen (secondary N) is 1. The Balaban J connectivity index is 1.82. The van der Waals surface area contributed by atoms with Crippen molar-refractivity contribution in [2.75, 3.05) is 32.1 Å². The van der Waals surface area contributed by atoms with E-state index in [4.69, 9.17) is 16.3 Å². The van der Waals surface area contributed by atoms with Crippen LogP contribution in [0.15, 0.2) is 18.2 Å². The third kappa shape index (κ3) is 5.09. The summed E-state index contributed by atoms with van der Waals surface area (Å²) in [5, 5.41) is 3.90. The van der Waals surface area contributed by atoms with E-state index in [0.717, 1.165) is 37.4 Å². The Bertz CT molecular complexity index is 486. The van der Waals surface area contributed by atoms with Gasteiger partial charge in [0.2, 0.25) is 5.91 Å². The molecular weight excluding hydrogens is 300 g/mol. The average Bonchev–Trinajstić information content (AvgIpc) is 2.47. The monoisotopic (exact) mass is 324 g/mol. The third-order valence-electron chi connectivity index (χ3n) is 4.02. The largest absolute Gasteiger partial charge is 0.495 e. The summed E-state index contributed by atoms with van der Waals surface area (Å²) < 4.78 is 5.29. The maximum absolute atomic E-state index is 12.3. The number of nitrogens with zero attached hydrogens (tertiary/aromatic N) is 1. The Kier molecular flexibility index (Phi) is 6.84. The van der Waals surface area contributed by atoms with Crippen molar-refractivity contribution >= 4 is 23.2 Å². The van der Waals surface area contributed by atoms with E-state index in [1.165, 1.54) is 19.3 Å². The van der Waals surface area contributed by atoms with Gasteiger partial charge in [0.1, 0.15) is 5.75 Å². The molecular formula is C17H25ClN2O2. The topological polar surface area (TPSA) is 41.6 Å². The molecule has 1 fully saturated rings. The summed E-state index contributed by atoms with van der Waals surface area (Å²) in [7, 11) is 1.62. The molecule has 0 atom stereocenters. The quantitative estimate of drug-likeness (QED) is 0.891. The molecule has 0 aliphatic carbocycles. The molecule has 1 aromatic carbocycles. The predicted molar refractivity (Wildman–Crippen MR) is 90.8 cm³/mol. The van der Waals surface area contributed by atoms with Crippen LogP contribution in [0.4, 0.5) is 5.69 Å². The Morgan fingerprint density at radius 2 is 1.91 bits per heavy atom. The van der Waals surface area contributed by atoms with Crippen LogP contribution in [0, 0.1) is 0 Å². The number of hydrogen-bond acceptors (Lipinski definition) is 3. The highest BCUT2D eigenvalue weighted by molar-refractivity contribution is 6.30. The number of carbonyl (C=O) groups is 1. The molecule has 1 aliphatic heterocycles. The number of amides is 1. The number of hydrogen-bond donors (Lipinski definition) is 1. The number of carbonyl (C=O) groups excluding carboxylic acids is 1. The molecule has 2 rings (SSSR count). The molecule has 0 aromatic heterocycles. The minimum atomic E-state index is 0.232. The third-order valence-corrected chi connectivity index (χ3v) is 4.26. The van der Waals surface area contributed by atoms with Gasteiger partial charge in [-0.15, -0.1) is 0 Å². The Hall–Kier alpha value is -1.42. The van der Waals surface area contributed by atoms with Crippen LogP contribution < -0.4 is 10.1 Å². The Labute approximate surface area is 137 Å². The van der Waals surface area contributed by atoms with E-state index >= 15 is 0 Å². The summed E-state index contributed by atoms with van der Waals surface area (Å²) in [5.41, 5.74) is 0.829. The molecule has 0 unspecified atom stereocenters. The van der Waals surface area contributed by atoms with Gasteiger partial charge in [-0.1, -0.05) is 30.9 Å². The lowest BCUT2D eigenvalue weighted by Gasteiger charge is -2.25. The second-order valence-corrected chi connectivity index (χ2v) is 6.11. The summed E-state index contributed by atoms with van der Waals surface area (Å²) in [6, 6.07) is 5.43. The van der Waals surface area contributed by atoms with Crippen molar-refractivity contribution in [1.82, 2.24) is 4.90 Å². The molecule has 0 bridgehead atoms. The van der Waals surface area contributed by atoms with Crippen LogP contribution in [0.5, 0.6) is 5.75 Å². The lowest BCUT2D eigenvalue weighted by Crippen LogP contribution is -2.34. The van der Waals surface area contributed by atoms with Crippen LogP contribution in [-0.4, -0.2) is 37.6 Å². The Morgan fingerprint density at radius 1 is 1.23 bits per heavy atom. The zero-order valence-corrected chi connectivity index (χ0v) is 14.0. The second-order valence-electron chi connectivity index (χ2n) is 5.67. The molecule has 1 aromatic rings. The minimum absolute atomic E-state index is 0.232. The number of rotatable bonds is 5. The molecule has 122 valence electrons. The van der Waals surface area contributed by atoms with E-state index in [2.05, 4.69) is 5.32 Å². The summed E-state index contributed by atoms with van der Waals surface area (Å²) in [6.45, 7) is 2.39. The van der Waals surface area contributed by atoms with Crippen LogP contribution in [-0.2, 0) is 4.79 Å². The molecule has 0 spiro atoms. The van der Waals surface area contributed by atoms with Crippen LogP contribution in [0.1, 0.15) is 38.5 Å². The van der Waals surface area contributed by atoms with Gasteiger partial charge in [0.15, 0.2) is 0 Å². The van der Waals surface area contributed by atoms with E-state index in [1.807, 2.05) is 17.0 Å². The van der Waals surface area contributed by atoms with Crippen LogP contribution in [0.3, 0.4) is 0 Å². The molecule has 1 N–H and O–H groups in total. The molecule has 1 saturated heterocycles. The predicted octanol–water partition coefficient (Wildman–Crippen LogP) is 3.94. The highest BCUT2D eigenvalue weighted by Gasteiger charge is 2.14. The SMILES string of the molecule is COc1ccc(Cl)cc1NCCC(=O)N1CCCCCCC1. The highest BCUT2D eigenvalue weighted by Crippen LogP contribution is 2.27. The van der Waals surface area contributed by atoms with Gasteiger partial charge in [-0.25, -0.2) is 0 Å². The molecule has 22 heavy (non-hydrogen) atoms. The van der Waals surface area contributed by atoms with Crippen molar-refractivity contribution in [3.63, 3.8) is 0 Å². The van der Waals surface area contributed by atoms with Gasteiger partial charge in [0.25, 0.3) is 0 Å². The first-order valence-electron chi connectivity index (χ1n) is 8.06. The van der Waals surface area contributed by atoms with Crippen molar-refractivity contribution in [1.29, 1.82) is 0 Å². The molecule has 0 radical (unpaired) electrons. The summed E-state index contributed by atoms with van der Waals surface area (Å²) in [6.07, 6.45) is 6.53. The fourth-order valence-corrected chi connectivity index (χ4v) is 2.95. The van der Waals surface area contributed by atoms with E-state index in [1.54, 1.807) is 13.2 Å². The van der Waals surface area contributed by atoms with E-state index in [-0.39, 0.29) is 5.91 Å².